The lowest BCUT2D eigenvalue weighted by Crippen LogP contribution is -2.12. The zero-order valence-corrected chi connectivity index (χ0v) is 13.2. The van der Waals surface area contributed by atoms with Crippen molar-refractivity contribution in [3.8, 4) is 0 Å². The molecular weight excluding hydrogens is 326 g/mol. The summed E-state index contributed by atoms with van der Waals surface area (Å²) in [5, 5.41) is 5.88. The van der Waals surface area contributed by atoms with E-state index in [1.165, 1.54) is 43.6 Å². The van der Waals surface area contributed by atoms with Crippen LogP contribution < -0.4 is 4.72 Å². The van der Waals surface area contributed by atoms with E-state index in [1.54, 1.807) is 0 Å². The van der Waals surface area contributed by atoms with Gasteiger partial charge in [0.2, 0.25) is 0 Å². The zero-order chi connectivity index (χ0) is 16.2. The van der Waals surface area contributed by atoms with E-state index >= 15 is 0 Å². The maximum atomic E-state index is 12.0. The van der Waals surface area contributed by atoms with Crippen molar-refractivity contribution >= 4 is 38.4 Å². The SMILES string of the molecule is CC(=O)SCC(=O)c1ccc(NS(=O)(=O)c2cn[nH]c2)cc1. The smallest absolute Gasteiger partial charge is 0.265 e. The number of hydrogen-bond donors (Lipinski definition) is 2. The van der Waals surface area contributed by atoms with Gasteiger partial charge in [0.25, 0.3) is 10.0 Å². The number of Topliss-reactive ketones (excluding diaryl/α,β-unsaturated/α-hetero) is 1. The van der Waals surface area contributed by atoms with Crippen LogP contribution in [0.2, 0.25) is 0 Å². The van der Waals surface area contributed by atoms with Gasteiger partial charge < -0.3 is 0 Å². The number of sulfonamides is 1. The second-order valence-electron chi connectivity index (χ2n) is 4.32. The van der Waals surface area contributed by atoms with Crippen molar-refractivity contribution in [3.05, 3.63) is 42.2 Å². The molecule has 1 aromatic carbocycles. The number of carbonyl (C=O) groups is 2. The molecule has 0 radical (unpaired) electrons. The molecule has 0 aliphatic heterocycles. The Hall–Kier alpha value is -2.13. The average Bonchev–Trinajstić information content (AvgIpc) is 3.00. The summed E-state index contributed by atoms with van der Waals surface area (Å²) in [6.45, 7) is 1.39. The Kier molecular flexibility index (Phi) is 4.99. The highest BCUT2D eigenvalue weighted by Gasteiger charge is 2.15. The van der Waals surface area contributed by atoms with Crippen LogP contribution in [0.1, 0.15) is 17.3 Å². The summed E-state index contributed by atoms with van der Waals surface area (Å²) in [5.41, 5.74) is 0.747. The number of carbonyl (C=O) groups excluding carboxylic acids is 2. The number of aromatic amines is 1. The van der Waals surface area contributed by atoms with Gasteiger partial charge in [-0.05, 0) is 24.3 Å². The lowest BCUT2D eigenvalue weighted by atomic mass is 10.1. The Balaban J connectivity index is 2.06. The lowest BCUT2D eigenvalue weighted by molar-refractivity contribution is -0.109. The molecule has 7 nitrogen and oxygen atoms in total. The van der Waals surface area contributed by atoms with E-state index in [9.17, 15) is 18.0 Å². The molecule has 0 fully saturated rings. The minimum absolute atomic E-state index is 0.0190. The molecular formula is C13H13N3O4S2. The van der Waals surface area contributed by atoms with Crippen molar-refractivity contribution in [1.82, 2.24) is 10.2 Å². The molecule has 2 aromatic rings. The van der Waals surface area contributed by atoms with Gasteiger partial charge in [-0.3, -0.25) is 19.4 Å². The monoisotopic (exact) mass is 339 g/mol. The molecule has 116 valence electrons. The Morgan fingerprint density at radius 1 is 1.27 bits per heavy atom. The molecule has 2 N–H and O–H groups in total. The fourth-order valence-corrected chi connectivity index (χ4v) is 3.04. The van der Waals surface area contributed by atoms with Crippen LogP contribution in [0, 0.1) is 0 Å². The highest BCUT2D eigenvalue weighted by Crippen LogP contribution is 2.16. The van der Waals surface area contributed by atoms with Crippen LogP contribution in [0.4, 0.5) is 5.69 Å². The Morgan fingerprint density at radius 2 is 1.95 bits per heavy atom. The van der Waals surface area contributed by atoms with Crippen LogP contribution in [-0.4, -0.2) is 35.3 Å². The Labute approximate surface area is 131 Å². The van der Waals surface area contributed by atoms with Crippen LogP contribution in [0.5, 0.6) is 0 Å². The summed E-state index contributed by atoms with van der Waals surface area (Å²) in [6.07, 6.45) is 2.46. The molecule has 1 heterocycles. The van der Waals surface area contributed by atoms with Crippen molar-refractivity contribution in [3.63, 3.8) is 0 Å². The normalized spacial score (nSPS) is 11.1. The average molecular weight is 339 g/mol. The first-order valence-corrected chi connectivity index (χ1v) is 8.63. The molecule has 9 heteroatoms. The zero-order valence-electron chi connectivity index (χ0n) is 11.6. The van der Waals surface area contributed by atoms with Crippen molar-refractivity contribution in [2.75, 3.05) is 10.5 Å². The van der Waals surface area contributed by atoms with E-state index < -0.39 is 10.0 Å². The molecule has 0 aliphatic carbocycles. The minimum Gasteiger partial charge on any atom is -0.293 e. The summed E-state index contributed by atoms with van der Waals surface area (Å²) >= 11 is 0.936. The fraction of sp³-hybridized carbons (Fsp3) is 0.154. The van der Waals surface area contributed by atoms with Crippen LogP contribution in [0.25, 0.3) is 0 Å². The number of aromatic nitrogens is 2. The van der Waals surface area contributed by atoms with Gasteiger partial charge in [0.15, 0.2) is 10.9 Å². The molecule has 0 aliphatic rings. The van der Waals surface area contributed by atoms with Crippen LogP contribution in [-0.2, 0) is 14.8 Å². The summed E-state index contributed by atoms with van der Waals surface area (Å²) in [5.74, 6) is -0.125. The molecule has 2 rings (SSSR count). The lowest BCUT2D eigenvalue weighted by Gasteiger charge is -2.07. The van der Waals surface area contributed by atoms with Gasteiger partial charge in [-0.1, -0.05) is 11.8 Å². The summed E-state index contributed by atoms with van der Waals surface area (Å²) in [7, 11) is -3.70. The Bertz CT molecular complexity index is 768. The van der Waals surface area contributed by atoms with E-state index in [-0.39, 0.29) is 21.5 Å². The van der Waals surface area contributed by atoms with Gasteiger partial charge in [-0.25, -0.2) is 8.42 Å². The number of ketones is 1. The molecule has 0 atom stereocenters. The van der Waals surface area contributed by atoms with Gasteiger partial charge in [-0.2, -0.15) is 5.10 Å². The van der Waals surface area contributed by atoms with Crippen LogP contribution in [0.15, 0.2) is 41.6 Å². The molecule has 0 saturated heterocycles. The van der Waals surface area contributed by atoms with Gasteiger partial charge in [0.05, 0.1) is 11.9 Å². The third kappa shape index (κ3) is 4.18. The minimum atomic E-state index is -3.70. The quantitative estimate of drug-likeness (QED) is 0.775. The number of nitrogens with zero attached hydrogens (tertiary/aromatic N) is 1. The molecule has 0 spiro atoms. The highest BCUT2D eigenvalue weighted by molar-refractivity contribution is 8.14. The van der Waals surface area contributed by atoms with Crippen molar-refractivity contribution < 1.29 is 18.0 Å². The fourth-order valence-electron chi connectivity index (χ4n) is 1.57. The number of H-pyrrole nitrogens is 1. The highest BCUT2D eigenvalue weighted by atomic mass is 32.2. The topological polar surface area (TPSA) is 109 Å². The predicted molar refractivity (Wildman–Crippen MR) is 83.3 cm³/mol. The van der Waals surface area contributed by atoms with E-state index in [0.29, 0.717) is 11.3 Å². The predicted octanol–water partition coefficient (Wildman–Crippen LogP) is 1.67. The number of rotatable bonds is 6. The standard InChI is InChI=1S/C13H13N3O4S2/c1-9(17)21-8-13(18)10-2-4-11(5-3-10)16-22(19,20)12-6-14-15-7-12/h2-7,16H,8H2,1H3,(H,14,15). The second kappa shape index (κ2) is 6.75. The maximum Gasteiger partial charge on any atom is 0.265 e. The van der Waals surface area contributed by atoms with E-state index in [2.05, 4.69) is 14.9 Å². The molecule has 0 amide bonds. The largest absolute Gasteiger partial charge is 0.293 e. The molecule has 1 aromatic heterocycles. The third-order valence-corrected chi connectivity index (χ3v) is 4.81. The number of benzene rings is 1. The first kappa shape index (κ1) is 16.2. The van der Waals surface area contributed by atoms with Gasteiger partial charge >= 0.3 is 0 Å². The van der Waals surface area contributed by atoms with Crippen LogP contribution >= 0.6 is 11.8 Å². The number of anilines is 1. The van der Waals surface area contributed by atoms with Gasteiger partial charge in [0.1, 0.15) is 4.90 Å². The van der Waals surface area contributed by atoms with E-state index in [4.69, 9.17) is 0 Å². The summed E-state index contributed by atoms with van der Waals surface area (Å²) in [4.78, 5) is 22.7. The number of nitrogens with one attached hydrogen (secondary N) is 2. The summed E-state index contributed by atoms with van der Waals surface area (Å²) < 4.78 is 26.3. The van der Waals surface area contributed by atoms with E-state index in [1.807, 2.05) is 0 Å². The maximum absolute atomic E-state index is 12.0. The van der Waals surface area contributed by atoms with Gasteiger partial charge in [0, 0.05) is 24.4 Å². The first-order chi connectivity index (χ1) is 10.4. The number of hydrogen-bond acceptors (Lipinski definition) is 6. The Morgan fingerprint density at radius 3 is 2.50 bits per heavy atom. The van der Waals surface area contributed by atoms with Crippen molar-refractivity contribution in [2.24, 2.45) is 0 Å². The van der Waals surface area contributed by atoms with E-state index in [0.717, 1.165) is 11.8 Å². The second-order valence-corrected chi connectivity index (χ2v) is 7.15. The molecule has 0 unspecified atom stereocenters. The molecule has 0 saturated carbocycles. The third-order valence-electron chi connectivity index (χ3n) is 2.65. The van der Waals surface area contributed by atoms with Crippen molar-refractivity contribution in [1.29, 1.82) is 0 Å². The van der Waals surface area contributed by atoms with Gasteiger partial charge in [-0.15, -0.1) is 0 Å². The number of thioether (sulfide) groups is 1. The van der Waals surface area contributed by atoms with Crippen LogP contribution in [0.3, 0.4) is 0 Å². The van der Waals surface area contributed by atoms with Crippen molar-refractivity contribution in [2.45, 2.75) is 11.8 Å². The molecule has 0 bridgehead atoms. The summed E-state index contributed by atoms with van der Waals surface area (Å²) in [6, 6.07) is 6.00. The first-order valence-electron chi connectivity index (χ1n) is 6.17. The molecule has 22 heavy (non-hydrogen) atoms.